The molecule has 1 aromatic rings. The van der Waals surface area contributed by atoms with Crippen LogP contribution in [0.1, 0.15) is 0 Å². The molecular weight excluding hydrogens is 370 g/mol. The molecule has 1 aliphatic heterocycles. The van der Waals surface area contributed by atoms with Crippen LogP contribution in [0.25, 0.3) is 0 Å². The molecule has 9 nitrogen and oxygen atoms in total. The first-order valence-corrected chi connectivity index (χ1v) is 10.6. The average Bonchev–Trinajstić information content (AvgIpc) is 2.53. The Morgan fingerprint density at radius 2 is 1.88 bits per heavy atom. The number of nitro benzene ring substituents is 1. The number of likely N-dealkylation sites (N-methyl/N-ethyl adjacent to an activating group) is 1. The fourth-order valence-electron chi connectivity index (χ4n) is 2.40. The molecule has 0 spiro atoms. The van der Waals surface area contributed by atoms with E-state index in [0.717, 1.165) is 24.5 Å². The van der Waals surface area contributed by atoms with E-state index in [2.05, 4.69) is 4.90 Å². The van der Waals surface area contributed by atoms with Crippen LogP contribution in [0, 0.1) is 10.1 Å². The number of hydrogen-bond donors (Lipinski definition) is 0. The molecule has 1 saturated heterocycles. The highest BCUT2D eigenvalue weighted by Gasteiger charge is 2.26. The molecule has 0 aromatic heterocycles. The molecule has 1 unspecified atom stereocenters. The van der Waals surface area contributed by atoms with Crippen LogP contribution in [0.2, 0.25) is 0 Å². The molecule has 25 heavy (non-hydrogen) atoms. The highest BCUT2D eigenvalue weighted by atomic mass is 32.2. The molecule has 1 aromatic carbocycles. The van der Waals surface area contributed by atoms with Gasteiger partial charge in [-0.3, -0.25) is 19.1 Å². The molecule has 1 fully saturated rings. The molecule has 11 heteroatoms. The fourth-order valence-corrected chi connectivity index (χ4v) is 4.19. The molecule has 1 atom stereocenters. The Labute approximate surface area is 148 Å². The van der Waals surface area contributed by atoms with Gasteiger partial charge in [-0.15, -0.1) is 0 Å². The summed E-state index contributed by atoms with van der Waals surface area (Å²) in [6, 6.07) is 3.18. The van der Waals surface area contributed by atoms with Crippen molar-refractivity contribution in [3.8, 4) is 0 Å². The number of amides is 1. The lowest BCUT2D eigenvalue weighted by atomic mass is 10.3. The van der Waals surface area contributed by atoms with Crippen molar-refractivity contribution in [1.82, 2.24) is 9.80 Å². The number of nitrogens with zero attached hydrogens (tertiary/aromatic N) is 3. The number of piperazine rings is 1. The lowest BCUT2D eigenvalue weighted by Crippen LogP contribution is -2.48. The second-order valence-electron chi connectivity index (χ2n) is 5.83. The lowest BCUT2D eigenvalue weighted by Gasteiger charge is -2.32. The van der Waals surface area contributed by atoms with Crippen molar-refractivity contribution in [3.63, 3.8) is 0 Å². The second kappa shape index (κ2) is 7.58. The summed E-state index contributed by atoms with van der Waals surface area (Å²) in [7, 11) is -3.63. The van der Waals surface area contributed by atoms with E-state index < -0.39 is 31.2 Å². The zero-order valence-corrected chi connectivity index (χ0v) is 15.5. The monoisotopic (exact) mass is 389 g/mol. The van der Waals surface area contributed by atoms with Gasteiger partial charge >= 0.3 is 0 Å². The quantitative estimate of drug-likeness (QED) is 0.509. The van der Waals surface area contributed by atoms with Gasteiger partial charge in [0.15, 0.2) is 9.84 Å². The Morgan fingerprint density at radius 3 is 2.40 bits per heavy atom. The topological polar surface area (TPSA) is 118 Å². The van der Waals surface area contributed by atoms with E-state index in [-0.39, 0.29) is 21.5 Å². The SMILES string of the molecule is CN1CCN(C(=O)CS(=O)c2ccc(S(C)(=O)=O)cc2[N+](=O)[O-])CC1. The van der Waals surface area contributed by atoms with E-state index >= 15 is 0 Å². The first-order chi connectivity index (χ1) is 11.6. The number of carbonyl (C=O) groups excluding carboxylic acids is 1. The third-order valence-electron chi connectivity index (χ3n) is 3.91. The molecular formula is C14H19N3O6S2. The van der Waals surface area contributed by atoms with Gasteiger partial charge in [-0.25, -0.2) is 8.42 Å². The van der Waals surface area contributed by atoms with Gasteiger partial charge in [-0.05, 0) is 19.2 Å². The third kappa shape index (κ3) is 4.83. The molecule has 1 heterocycles. The zero-order valence-electron chi connectivity index (χ0n) is 13.9. The van der Waals surface area contributed by atoms with E-state index in [0.29, 0.717) is 26.2 Å². The number of nitro groups is 1. The minimum atomic E-state index is -3.63. The van der Waals surface area contributed by atoms with Crippen LogP contribution in [0.3, 0.4) is 0 Å². The summed E-state index contributed by atoms with van der Waals surface area (Å²) < 4.78 is 35.5. The van der Waals surface area contributed by atoms with Gasteiger partial charge in [-0.2, -0.15) is 0 Å². The molecule has 1 aliphatic rings. The van der Waals surface area contributed by atoms with Crippen molar-refractivity contribution in [1.29, 1.82) is 0 Å². The van der Waals surface area contributed by atoms with Crippen molar-refractivity contribution in [2.75, 3.05) is 45.2 Å². The van der Waals surface area contributed by atoms with E-state index in [1.165, 1.54) is 0 Å². The van der Waals surface area contributed by atoms with Crippen molar-refractivity contribution in [2.45, 2.75) is 9.79 Å². The van der Waals surface area contributed by atoms with Gasteiger partial charge in [0.25, 0.3) is 5.69 Å². The maximum atomic E-state index is 12.4. The molecule has 0 saturated carbocycles. The van der Waals surface area contributed by atoms with E-state index in [1.807, 2.05) is 7.05 Å². The summed E-state index contributed by atoms with van der Waals surface area (Å²) in [6.45, 7) is 2.45. The maximum Gasteiger partial charge on any atom is 0.286 e. The Hall–Kier alpha value is -1.85. The van der Waals surface area contributed by atoms with Crippen molar-refractivity contribution >= 4 is 32.2 Å². The Balaban J connectivity index is 2.21. The molecule has 0 aliphatic carbocycles. The predicted molar refractivity (Wildman–Crippen MR) is 91.6 cm³/mol. The normalized spacial score (nSPS) is 17.3. The van der Waals surface area contributed by atoms with Crippen LogP contribution in [0.5, 0.6) is 0 Å². The summed E-state index contributed by atoms with van der Waals surface area (Å²) in [5.41, 5.74) is -0.563. The number of sulfone groups is 1. The number of hydrogen-bond acceptors (Lipinski definition) is 7. The first kappa shape index (κ1) is 19.5. The van der Waals surface area contributed by atoms with Gasteiger partial charge in [0.1, 0.15) is 10.6 Å². The van der Waals surface area contributed by atoms with Gasteiger partial charge in [0.05, 0.1) is 20.6 Å². The summed E-state index contributed by atoms with van der Waals surface area (Å²) in [4.78, 5) is 25.9. The van der Waals surface area contributed by atoms with Crippen LogP contribution in [0.15, 0.2) is 28.0 Å². The largest absolute Gasteiger partial charge is 0.339 e. The van der Waals surface area contributed by atoms with Crippen LogP contribution in [-0.2, 0) is 25.4 Å². The van der Waals surface area contributed by atoms with Gasteiger partial charge in [0.2, 0.25) is 5.91 Å². The molecule has 0 N–H and O–H groups in total. The van der Waals surface area contributed by atoms with Gasteiger partial charge < -0.3 is 9.80 Å². The average molecular weight is 389 g/mol. The highest BCUT2D eigenvalue weighted by molar-refractivity contribution is 7.90. The standard InChI is InChI=1S/C14H19N3O6S2/c1-15-5-7-16(8-6-15)14(18)10-24(21)13-4-3-11(25(2,22)23)9-12(13)17(19)20/h3-4,9H,5-8,10H2,1-2H3. The maximum absolute atomic E-state index is 12.4. The Kier molecular flexibility index (Phi) is 5.91. The van der Waals surface area contributed by atoms with Crippen LogP contribution < -0.4 is 0 Å². The fraction of sp³-hybridized carbons (Fsp3) is 0.500. The summed E-state index contributed by atoms with van der Waals surface area (Å²) >= 11 is 0. The van der Waals surface area contributed by atoms with Crippen LogP contribution in [-0.4, -0.2) is 78.5 Å². The first-order valence-electron chi connectivity index (χ1n) is 7.43. The molecule has 2 rings (SSSR count). The van der Waals surface area contributed by atoms with E-state index in [9.17, 15) is 27.5 Å². The summed E-state index contributed by atoms with van der Waals surface area (Å²) in [6.07, 6.45) is 0.930. The van der Waals surface area contributed by atoms with Gasteiger partial charge in [0, 0.05) is 38.5 Å². The van der Waals surface area contributed by atoms with Crippen LogP contribution in [0.4, 0.5) is 5.69 Å². The molecule has 0 radical (unpaired) electrons. The van der Waals surface area contributed by atoms with Crippen molar-refractivity contribution in [3.05, 3.63) is 28.3 Å². The smallest absolute Gasteiger partial charge is 0.286 e. The van der Waals surface area contributed by atoms with Crippen molar-refractivity contribution in [2.24, 2.45) is 0 Å². The Morgan fingerprint density at radius 1 is 1.28 bits per heavy atom. The molecule has 138 valence electrons. The number of benzene rings is 1. The minimum absolute atomic E-state index is 0.153. The number of carbonyl (C=O) groups is 1. The summed E-state index contributed by atoms with van der Waals surface area (Å²) in [5.74, 6) is -0.712. The van der Waals surface area contributed by atoms with Gasteiger partial charge in [-0.1, -0.05) is 0 Å². The molecule has 1 amide bonds. The highest BCUT2D eigenvalue weighted by Crippen LogP contribution is 2.26. The van der Waals surface area contributed by atoms with E-state index in [1.54, 1.807) is 4.90 Å². The lowest BCUT2D eigenvalue weighted by molar-refractivity contribution is -0.388. The zero-order chi connectivity index (χ0) is 18.8. The number of rotatable bonds is 5. The second-order valence-corrected chi connectivity index (χ2v) is 9.27. The van der Waals surface area contributed by atoms with Crippen molar-refractivity contribution < 1.29 is 22.3 Å². The minimum Gasteiger partial charge on any atom is -0.339 e. The Bertz CT molecular complexity index is 816. The van der Waals surface area contributed by atoms with Crippen LogP contribution >= 0.6 is 0 Å². The predicted octanol–water partition coefficient (Wildman–Crippen LogP) is -0.120. The summed E-state index contributed by atoms with van der Waals surface area (Å²) in [5, 5.41) is 11.2. The third-order valence-corrected chi connectivity index (χ3v) is 6.37. The molecule has 0 bridgehead atoms. The van der Waals surface area contributed by atoms with E-state index in [4.69, 9.17) is 0 Å².